The molecule has 29 heavy (non-hydrogen) atoms. The van der Waals surface area contributed by atoms with Crippen LogP contribution in [0, 0.1) is 5.92 Å². The number of carbonyl (C=O) groups is 1. The molecule has 1 fully saturated rings. The summed E-state index contributed by atoms with van der Waals surface area (Å²) in [6.07, 6.45) is 3.74. The highest BCUT2D eigenvalue weighted by Crippen LogP contribution is 2.42. The summed E-state index contributed by atoms with van der Waals surface area (Å²) in [5, 5.41) is 2.66. The molecule has 0 atom stereocenters. The Morgan fingerprint density at radius 2 is 1.48 bits per heavy atom. The van der Waals surface area contributed by atoms with E-state index in [1.807, 2.05) is 6.92 Å². The zero-order valence-electron chi connectivity index (χ0n) is 18.2. The van der Waals surface area contributed by atoms with Gasteiger partial charge < -0.3 is 9.16 Å². The van der Waals surface area contributed by atoms with Crippen LogP contribution in [0.5, 0.6) is 0 Å². The van der Waals surface area contributed by atoms with Gasteiger partial charge in [-0.2, -0.15) is 0 Å². The Labute approximate surface area is 176 Å². The number of carbonyl (C=O) groups excluding carboxylic acids is 1. The Kier molecular flexibility index (Phi) is 6.96. The van der Waals surface area contributed by atoms with Crippen LogP contribution in [0.3, 0.4) is 0 Å². The molecule has 2 aromatic carbocycles. The molecule has 3 rings (SSSR count). The summed E-state index contributed by atoms with van der Waals surface area (Å²) < 4.78 is 12.2. The Balaban J connectivity index is 1.80. The molecule has 2 aromatic rings. The number of benzene rings is 2. The van der Waals surface area contributed by atoms with Gasteiger partial charge >= 0.3 is 5.97 Å². The summed E-state index contributed by atoms with van der Waals surface area (Å²) in [7, 11) is -2.46. The highest BCUT2D eigenvalue weighted by molar-refractivity contribution is 6.99. The molecule has 0 radical (unpaired) electrons. The standard InChI is InChI=1S/C25H34O3Si/c1-5-27-24(26)17-16-20-18-21(19-20)28-29(25(2,3)4,22-12-8-6-9-13-22)23-14-10-7-11-15-23/h6-15,20-21H,5,16-19H2,1-4H3. The third-order valence-corrected chi connectivity index (χ3v) is 11.1. The van der Waals surface area contributed by atoms with E-state index in [0.717, 1.165) is 19.3 Å². The zero-order valence-corrected chi connectivity index (χ0v) is 19.2. The normalized spacial score (nSPS) is 19.4. The maximum atomic E-state index is 11.7. The van der Waals surface area contributed by atoms with Crippen molar-refractivity contribution >= 4 is 24.7 Å². The van der Waals surface area contributed by atoms with Crippen molar-refractivity contribution in [2.24, 2.45) is 5.92 Å². The maximum Gasteiger partial charge on any atom is 0.305 e. The van der Waals surface area contributed by atoms with Crippen LogP contribution in [0.4, 0.5) is 0 Å². The van der Waals surface area contributed by atoms with Crippen molar-refractivity contribution in [3.05, 3.63) is 60.7 Å². The van der Waals surface area contributed by atoms with Crippen molar-refractivity contribution in [2.75, 3.05) is 6.61 Å². The van der Waals surface area contributed by atoms with E-state index in [-0.39, 0.29) is 17.1 Å². The molecule has 0 aromatic heterocycles. The molecule has 0 aliphatic heterocycles. The van der Waals surface area contributed by atoms with E-state index in [4.69, 9.17) is 9.16 Å². The Bertz CT molecular complexity index is 737. The first kappa shape index (κ1) is 21.8. The van der Waals surface area contributed by atoms with Gasteiger partial charge in [-0.1, -0.05) is 81.4 Å². The van der Waals surface area contributed by atoms with Gasteiger partial charge in [0.05, 0.1) is 6.61 Å². The van der Waals surface area contributed by atoms with Crippen LogP contribution in [0.1, 0.15) is 53.4 Å². The fourth-order valence-electron chi connectivity index (χ4n) is 4.50. The van der Waals surface area contributed by atoms with Gasteiger partial charge in [-0.15, -0.1) is 0 Å². The molecule has 3 nitrogen and oxygen atoms in total. The van der Waals surface area contributed by atoms with Gasteiger partial charge in [-0.3, -0.25) is 4.79 Å². The summed E-state index contributed by atoms with van der Waals surface area (Å²) in [5.41, 5.74) is 0. The summed E-state index contributed by atoms with van der Waals surface area (Å²) in [6.45, 7) is 9.26. The average Bonchev–Trinajstić information content (AvgIpc) is 2.67. The summed E-state index contributed by atoms with van der Waals surface area (Å²) in [6, 6.07) is 21.6. The van der Waals surface area contributed by atoms with Crippen molar-refractivity contribution < 1.29 is 14.0 Å². The lowest BCUT2D eigenvalue weighted by molar-refractivity contribution is -0.143. The van der Waals surface area contributed by atoms with E-state index in [2.05, 4.69) is 81.4 Å². The Morgan fingerprint density at radius 3 is 1.93 bits per heavy atom. The van der Waals surface area contributed by atoms with Gasteiger partial charge in [-0.05, 0) is 47.5 Å². The number of ether oxygens (including phenoxy) is 1. The van der Waals surface area contributed by atoms with Crippen LogP contribution in [0.15, 0.2) is 60.7 Å². The minimum atomic E-state index is -2.46. The predicted molar refractivity (Wildman–Crippen MR) is 121 cm³/mol. The third kappa shape index (κ3) is 4.81. The number of hydrogen-bond donors (Lipinski definition) is 0. The second-order valence-corrected chi connectivity index (χ2v) is 13.3. The summed E-state index contributed by atoms with van der Waals surface area (Å²) in [5.74, 6) is 0.478. The van der Waals surface area contributed by atoms with Gasteiger partial charge in [0.2, 0.25) is 0 Å². The van der Waals surface area contributed by atoms with Crippen LogP contribution in [-0.4, -0.2) is 27.0 Å². The van der Waals surface area contributed by atoms with Crippen LogP contribution >= 0.6 is 0 Å². The molecule has 0 unspecified atom stereocenters. The fraction of sp³-hybridized carbons (Fsp3) is 0.480. The van der Waals surface area contributed by atoms with Crippen molar-refractivity contribution in [3.63, 3.8) is 0 Å². The quantitative estimate of drug-likeness (QED) is 0.468. The van der Waals surface area contributed by atoms with Crippen molar-refractivity contribution in [1.82, 2.24) is 0 Å². The Morgan fingerprint density at radius 1 is 0.966 bits per heavy atom. The third-order valence-electron chi connectivity index (χ3n) is 6.01. The molecule has 1 saturated carbocycles. The molecule has 0 amide bonds. The van der Waals surface area contributed by atoms with Crippen LogP contribution < -0.4 is 10.4 Å². The second-order valence-electron chi connectivity index (χ2n) is 9.08. The lowest BCUT2D eigenvalue weighted by Crippen LogP contribution is -2.68. The minimum absolute atomic E-state index is 0.00568. The zero-order chi connectivity index (χ0) is 20.9. The van der Waals surface area contributed by atoms with Crippen LogP contribution in [-0.2, 0) is 14.0 Å². The number of hydrogen-bond acceptors (Lipinski definition) is 3. The maximum absolute atomic E-state index is 11.7. The molecule has 0 saturated heterocycles. The molecule has 156 valence electrons. The molecule has 0 spiro atoms. The largest absolute Gasteiger partial charge is 0.466 e. The van der Waals surface area contributed by atoms with Crippen molar-refractivity contribution in [2.45, 2.75) is 64.5 Å². The molecular formula is C25H34O3Si. The van der Waals surface area contributed by atoms with Gasteiger partial charge in [0.15, 0.2) is 0 Å². The molecule has 0 bridgehead atoms. The molecular weight excluding hydrogens is 376 g/mol. The lowest BCUT2D eigenvalue weighted by atomic mass is 9.79. The van der Waals surface area contributed by atoms with Gasteiger partial charge in [0, 0.05) is 12.5 Å². The molecule has 4 heteroatoms. The SMILES string of the molecule is CCOC(=O)CCC1CC(O[Si](c2ccccc2)(c2ccccc2)C(C)(C)C)C1. The van der Waals surface area contributed by atoms with Crippen molar-refractivity contribution in [3.8, 4) is 0 Å². The van der Waals surface area contributed by atoms with Gasteiger partial charge in [0.1, 0.15) is 0 Å². The van der Waals surface area contributed by atoms with Crippen LogP contribution in [0.2, 0.25) is 5.04 Å². The monoisotopic (exact) mass is 410 g/mol. The van der Waals surface area contributed by atoms with E-state index in [1.165, 1.54) is 10.4 Å². The average molecular weight is 411 g/mol. The fourth-order valence-corrected chi connectivity index (χ4v) is 9.21. The Hall–Kier alpha value is -1.91. The highest BCUT2D eigenvalue weighted by Gasteiger charge is 2.52. The predicted octanol–water partition coefficient (Wildman–Crippen LogP) is 4.68. The first-order valence-corrected chi connectivity index (χ1v) is 12.7. The van der Waals surface area contributed by atoms with E-state index >= 15 is 0 Å². The number of esters is 1. The highest BCUT2D eigenvalue weighted by atomic mass is 28.4. The van der Waals surface area contributed by atoms with Gasteiger partial charge in [-0.25, -0.2) is 0 Å². The smallest absolute Gasteiger partial charge is 0.305 e. The first-order valence-electron chi connectivity index (χ1n) is 10.8. The summed E-state index contributed by atoms with van der Waals surface area (Å²) >= 11 is 0. The van der Waals surface area contributed by atoms with E-state index in [1.54, 1.807) is 0 Å². The molecule has 1 aliphatic carbocycles. The van der Waals surface area contributed by atoms with E-state index < -0.39 is 8.32 Å². The molecule has 0 N–H and O–H groups in total. The van der Waals surface area contributed by atoms with Gasteiger partial charge in [0.25, 0.3) is 8.32 Å². The number of rotatable bonds is 8. The molecule has 0 heterocycles. The van der Waals surface area contributed by atoms with E-state index in [0.29, 0.717) is 18.9 Å². The lowest BCUT2D eigenvalue weighted by Gasteiger charge is -2.48. The second kappa shape index (κ2) is 9.27. The van der Waals surface area contributed by atoms with Crippen molar-refractivity contribution in [1.29, 1.82) is 0 Å². The van der Waals surface area contributed by atoms with E-state index in [9.17, 15) is 4.79 Å². The summed E-state index contributed by atoms with van der Waals surface area (Å²) in [4.78, 5) is 11.7. The van der Waals surface area contributed by atoms with Crippen LogP contribution in [0.25, 0.3) is 0 Å². The minimum Gasteiger partial charge on any atom is -0.466 e. The topological polar surface area (TPSA) is 35.5 Å². The first-order chi connectivity index (χ1) is 13.9. The molecule has 1 aliphatic rings.